The monoisotopic (exact) mass is 408 g/mol. The number of thioether (sulfide) groups is 1. The van der Waals surface area contributed by atoms with Crippen LogP contribution in [0.5, 0.6) is 0 Å². The van der Waals surface area contributed by atoms with E-state index in [1.54, 1.807) is 0 Å². The van der Waals surface area contributed by atoms with Crippen molar-refractivity contribution in [1.29, 1.82) is 0 Å². The SMILES string of the molecule is Cc1ccc2nc(SCC(=O)Nc3nc(-c4ccc(C)c(C)c4)cs3)[nH]c2c1. The Morgan fingerprint density at radius 1 is 1.11 bits per heavy atom. The number of aryl methyl sites for hydroxylation is 3. The Bertz CT molecular complexity index is 1160. The molecule has 7 heteroatoms. The number of benzene rings is 2. The molecule has 0 aliphatic rings. The summed E-state index contributed by atoms with van der Waals surface area (Å²) in [6.45, 7) is 6.22. The van der Waals surface area contributed by atoms with E-state index in [1.807, 2.05) is 24.4 Å². The zero-order valence-electron chi connectivity index (χ0n) is 15.9. The van der Waals surface area contributed by atoms with E-state index in [0.717, 1.165) is 27.4 Å². The van der Waals surface area contributed by atoms with Crippen LogP contribution in [0.25, 0.3) is 22.3 Å². The van der Waals surface area contributed by atoms with Crippen molar-refractivity contribution in [2.45, 2.75) is 25.9 Å². The van der Waals surface area contributed by atoms with Gasteiger partial charge in [0.1, 0.15) is 0 Å². The van der Waals surface area contributed by atoms with Crippen LogP contribution in [0.3, 0.4) is 0 Å². The zero-order chi connectivity index (χ0) is 19.7. The summed E-state index contributed by atoms with van der Waals surface area (Å²) in [7, 11) is 0. The number of nitrogens with one attached hydrogen (secondary N) is 2. The van der Waals surface area contributed by atoms with Crippen LogP contribution >= 0.6 is 23.1 Å². The van der Waals surface area contributed by atoms with E-state index in [0.29, 0.717) is 5.13 Å². The molecule has 2 heterocycles. The topological polar surface area (TPSA) is 70.7 Å². The van der Waals surface area contributed by atoms with Crippen molar-refractivity contribution in [3.8, 4) is 11.3 Å². The van der Waals surface area contributed by atoms with Crippen molar-refractivity contribution in [1.82, 2.24) is 15.0 Å². The minimum atomic E-state index is -0.0948. The molecule has 0 saturated carbocycles. The molecule has 142 valence electrons. The molecule has 2 aromatic heterocycles. The number of aromatic amines is 1. The Kier molecular flexibility index (Phi) is 5.19. The van der Waals surface area contributed by atoms with Gasteiger partial charge >= 0.3 is 0 Å². The van der Waals surface area contributed by atoms with Crippen LogP contribution in [0, 0.1) is 20.8 Å². The Morgan fingerprint density at radius 2 is 1.96 bits per heavy atom. The maximum absolute atomic E-state index is 12.3. The number of carbonyl (C=O) groups excluding carboxylic acids is 1. The van der Waals surface area contributed by atoms with E-state index in [-0.39, 0.29) is 11.7 Å². The minimum Gasteiger partial charge on any atom is -0.333 e. The lowest BCUT2D eigenvalue weighted by Gasteiger charge is -2.02. The summed E-state index contributed by atoms with van der Waals surface area (Å²) >= 11 is 2.82. The van der Waals surface area contributed by atoms with Crippen LogP contribution in [0.4, 0.5) is 5.13 Å². The molecule has 2 N–H and O–H groups in total. The van der Waals surface area contributed by atoms with Gasteiger partial charge in [0.15, 0.2) is 10.3 Å². The fourth-order valence-electron chi connectivity index (χ4n) is 2.82. The third-order valence-electron chi connectivity index (χ3n) is 4.51. The van der Waals surface area contributed by atoms with E-state index in [2.05, 4.69) is 58.4 Å². The molecule has 4 rings (SSSR count). The molecule has 1 amide bonds. The first-order chi connectivity index (χ1) is 13.5. The number of aromatic nitrogens is 3. The highest BCUT2D eigenvalue weighted by Crippen LogP contribution is 2.27. The van der Waals surface area contributed by atoms with Gasteiger partial charge in [0.05, 0.1) is 22.5 Å². The lowest BCUT2D eigenvalue weighted by atomic mass is 10.1. The molecule has 2 aromatic carbocycles. The fourth-order valence-corrected chi connectivity index (χ4v) is 4.24. The van der Waals surface area contributed by atoms with Crippen LogP contribution in [-0.4, -0.2) is 26.6 Å². The second-order valence-corrected chi connectivity index (χ2v) is 8.56. The van der Waals surface area contributed by atoms with Crippen LogP contribution in [0.2, 0.25) is 0 Å². The molecule has 0 radical (unpaired) electrons. The van der Waals surface area contributed by atoms with Crippen LogP contribution in [-0.2, 0) is 4.79 Å². The van der Waals surface area contributed by atoms with Gasteiger partial charge in [-0.15, -0.1) is 11.3 Å². The number of hydrogen-bond acceptors (Lipinski definition) is 5. The van der Waals surface area contributed by atoms with Gasteiger partial charge in [-0.2, -0.15) is 0 Å². The molecule has 0 unspecified atom stereocenters. The predicted octanol–water partition coefficient (Wildman–Crippen LogP) is 5.34. The normalized spacial score (nSPS) is 11.1. The molecular formula is C21H20N4OS2. The number of rotatable bonds is 5. The Morgan fingerprint density at radius 3 is 2.79 bits per heavy atom. The predicted molar refractivity (Wildman–Crippen MR) is 117 cm³/mol. The van der Waals surface area contributed by atoms with Crippen molar-refractivity contribution in [2.24, 2.45) is 0 Å². The summed E-state index contributed by atoms with van der Waals surface area (Å²) < 4.78 is 0. The summed E-state index contributed by atoms with van der Waals surface area (Å²) in [4.78, 5) is 24.6. The third kappa shape index (κ3) is 4.10. The van der Waals surface area contributed by atoms with Crippen LogP contribution < -0.4 is 5.32 Å². The summed E-state index contributed by atoms with van der Waals surface area (Å²) in [6, 6.07) is 12.3. The number of amides is 1. The van der Waals surface area contributed by atoms with Gasteiger partial charge < -0.3 is 10.3 Å². The van der Waals surface area contributed by atoms with Crippen molar-refractivity contribution in [2.75, 3.05) is 11.1 Å². The number of imidazole rings is 1. The number of fused-ring (bicyclic) bond motifs is 1. The summed E-state index contributed by atoms with van der Waals surface area (Å²) in [6.07, 6.45) is 0. The second-order valence-electron chi connectivity index (χ2n) is 6.74. The molecule has 0 aliphatic carbocycles. The highest BCUT2D eigenvalue weighted by atomic mass is 32.2. The van der Waals surface area contributed by atoms with Gasteiger partial charge in [0, 0.05) is 10.9 Å². The lowest BCUT2D eigenvalue weighted by Crippen LogP contribution is -2.13. The third-order valence-corrected chi connectivity index (χ3v) is 6.14. The largest absolute Gasteiger partial charge is 0.333 e. The first-order valence-corrected chi connectivity index (χ1v) is 10.8. The smallest absolute Gasteiger partial charge is 0.236 e. The first-order valence-electron chi connectivity index (χ1n) is 8.90. The van der Waals surface area contributed by atoms with E-state index >= 15 is 0 Å². The van der Waals surface area contributed by atoms with Crippen molar-refractivity contribution in [3.05, 3.63) is 58.5 Å². The number of anilines is 1. The molecule has 5 nitrogen and oxygen atoms in total. The molecule has 0 spiro atoms. The molecule has 4 aromatic rings. The van der Waals surface area contributed by atoms with Gasteiger partial charge in [0.2, 0.25) is 5.91 Å². The molecule has 0 atom stereocenters. The maximum atomic E-state index is 12.3. The van der Waals surface area contributed by atoms with Crippen molar-refractivity contribution >= 4 is 45.2 Å². The molecule has 0 bridgehead atoms. The molecule has 28 heavy (non-hydrogen) atoms. The first kappa shape index (κ1) is 18.7. The van der Waals surface area contributed by atoms with Gasteiger partial charge in [0.25, 0.3) is 0 Å². The van der Waals surface area contributed by atoms with Crippen LogP contribution in [0.15, 0.2) is 46.9 Å². The number of hydrogen-bond donors (Lipinski definition) is 2. The van der Waals surface area contributed by atoms with Crippen molar-refractivity contribution in [3.63, 3.8) is 0 Å². The van der Waals surface area contributed by atoms with E-state index < -0.39 is 0 Å². The van der Waals surface area contributed by atoms with Crippen LogP contribution in [0.1, 0.15) is 16.7 Å². The molecule has 0 saturated heterocycles. The fraction of sp³-hybridized carbons (Fsp3) is 0.190. The van der Waals surface area contributed by atoms with Gasteiger partial charge in [-0.25, -0.2) is 9.97 Å². The second kappa shape index (κ2) is 7.77. The number of H-pyrrole nitrogens is 1. The zero-order valence-corrected chi connectivity index (χ0v) is 17.5. The number of carbonyl (C=O) groups is 1. The average molecular weight is 409 g/mol. The number of thiazole rings is 1. The molecular weight excluding hydrogens is 388 g/mol. The minimum absolute atomic E-state index is 0.0948. The molecule has 0 fully saturated rings. The van der Waals surface area contributed by atoms with E-state index in [1.165, 1.54) is 39.8 Å². The van der Waals surface area contributed by atoms with Gasteiger partial charge in [-0.1, -0.05) is 30.0 Å². The highest BCUT2D eigenvalue weighted by Gasteiger charge is 2.11. The van der Waals surface area contributed by atoms with E-state index in [4.69, 9.17) is 0 Å². The Labute approximate surface area is 171 Å². The summed E-state index contributed by atoms with van der Waals surface area (Å²) in [5.41, 5.74) is 7.50. The Balaban J connectivity index is 1.38. The van der Waals surface area contributed by atoms with Gasteiger partial charge in [-0.3, -0.25) is 4.79 Å². The van der Waals surface area contributed by atoms with E-state index in [9.17, 15) is 4.79 Å². The summed E-state index contributed by atoms with van der Waals surface area (Å²) in [5.74, 6) is 0.180. The lowest BCUT2D eigenvalue weighted by molar-refractivity contribution is -0.113. The average Bonchev–Trinajstić information content (AvgIpc) is 3.28. The standard InChI is InChI=1S/C21H20N4OS2/c1-12-4-7-16-17(8-12)23-20(22-16)28-11-19(26)25-21-24-18(10-27-21)15-6-5-13(2)14(3)9-15/h4-10H,11H2,1-3H3,(H,22,23)(H,24,25,26). The highest BCUT2D eigenvalue weighted by molar-refractivity contribution is 7.99. The maximum Gasteiger partial charge on any atom is 0.236 e. The quantitative estimate of drug-likeness (QED) is 0.437. The molecule has 0 aliphatic heterocycles. The summed E-state index contributed by atoms with van der Waals surface area (Å²) in [5, 5.41) is 6.20. The van der Waals surface area contributed by atoms with Crippen molar-refractivity contribution < 1.29 is 4.79 Å². The Hall–Kier alpha value is -2.64. The van der Waals surface area contributed by atoms with Gasteiger partial charge in [-0.05, 0) is 55.7 Å². The number of nitrogens with zero attached hydrogens (tertiary/aromatic N) is 2.